The maximum atomic E-state index is 12.3. The third-order valence-electron chi connectivity index (χ3n) is 3.46. The molecule has 0 fully saturated rings. The molecule has 0 atom stereocenters. The monoisotopic (exact) mass is 372 g/mol. The number of aryl methyl sites for hydroxylation is 2. The van der Waals surface area contributed by atoms with Crippen LogP contribution in [0.5, 0.6) is 0 Å². The second-order valence-electron chi connectivity index (χ2n) is 5.50. The lowest BCUT2D eigenvalue weighted by molar-refractivity contribution is 0.470. The van der Waals surface area contributed by atoms with E-state index in [1.807, 2.05) is 31.9 Å². The number of allylic oxidation sites excluding steroid dienone is 1. The zero-order valence-electron chi connectivity index (χ0n) is 14.9. The number of hydrogen-bond acceptors (Lipinski definition) is 4. The molecule has 2 N–H and O–H groups in total. The number of nitrogens with one attached hydrogen (secondary N) is 2. The Morgan fingerprint density at radius 2 is 2.12 bits per heavy atom. The van der Waals surface area contributed by atoms with E-state index in [-0.39, 0.29) is 0 Å². The topological polar surface area (TPSA) is 73.8 Å². The van der Waals surface area contributed by atoms with Crippen molar-refractivity contribution in [1.82, 2.24) is 14.9 Å². The zero-order chi connectivity index (χ0) is 18.2. The Bertz CT molecular complexity index is 666. The van der Waals surface area contributed by atoms with Crippen LogP contribution >= 0.6 is 11.3 Å². The first-order valence-corrected chi connectivity index (χ1v) is 10.2. The second kappa shape index (κ2) is 9.80. The quantitative estimate of drug-likeness (QED) is 0.301. The number of thiophene rings is 1. The molecule has 6 nitrogen and oxygen atoms in total. The number of aliphatic imine (C=N–C) groups is 1. The van der Waals surface area contributed by atoms with Crippen molar-refractivity contribution in [3.05, 3.63) is 28.5 Å². The van der Waals surface area contributed by atoms with E-state index in [1.165, 1.54) is 11.3 Å². The summed E-state index contributed by atoms with van der Waals surface area (Å²) < 4.78 is 27.2. The molecular formula is C16H28N4O2S2. The third-order valence-corrected chi connectivity index (χ3v) is 6.14. The first kappa shape index (κ1) is 20.7. The second-order valence-corrected chi connectivity index (χ2v) is 8.70. The minimum absolute atomic E-state index is 0.302. The van der Waals surface area contributed by atoms with Gasteiger partial charge in [-0.2, -0.15) is 0 Å². The Hall–Kier alpha value is -1.38. The van der Waals surface area contributed by atoms with Crippen LogP contribution in [0.1, 0.15) is 22.6 Å². The summed E-state index contributed by atoms with van der Waals surface area (Å²) in [5.41, 5.74) is 0. The van der Waals surface area contributed by atoms with E-state index in [9.17, 15) is 8.42 Å². The lowest BCUT2D eigenvalue weighted by atomic mass is 10.3. The molecule has 0 aliphatic carbocycles. The highest BCUT2D eigenvalue weighted by atomic mass is 32.2. The predicted octanol–water partition coefficient (Wildman–Crippen LogP) is 2.12. The van der Waals surface area contributed by atoms with Gasteiger partial charge in [0.2, 0.25) is 10.0 Å². The van der Waals surface area contributed by atoms with Crippen molar-refractivity contribution in [3.63, 3.8) is 0 Å². The Morgan fingerprint density at radius 3 is 2.67 bits per heavy atom. The van der Waals surface area contributed by atoms with E-state index in [1.54, 1.807) is 13.1 Å². The third kappa shape index (κ3) is 6.26. The molecule has 0 unspecified atom stereocenters. The van der Waals surface area contributed by atoms with E-state index in [2.05, 4.69) is 21.6 Å². The van der Waals surface area contributed by atoms with E-state index in [0.717, 1.165) is 35.1 Å². The van der Waals surface area contributed by atoms with Gasteiger partial charge in [0.15, 0.2) is 5.96 Å². The molecule has 0 bridgehead atoms. The van der Waals surface area contributed by atoms with Crippen molar-refractivity contribution < 1.29 is 8.42 Å². The minimum atomic E-state index is -3.46. The van der Waals surface area contributed by atoms with Gasteiger partial charge in [0.05, 0.1) is 4.90 Å². The van der Waals surface area contributed by atoms with E-state index in [0.29, 0.717) is 18.0 Å². The van der Waals surface area contributed by atoms with Crippen LogP contribution in [-0.4, -0.2) is 53.0 Å². The number of unbranched alkanes of at least 4 members (excludes halogenated alkanes) is 1. The average Bonchev–Trinajstić information content (AvgIpc) is 2.87. The molecule has 0 spiro atoms. The summed E-state index contributed by atoms with van der Waals surface area (Å²) in [4.78, 5) is 8.40. The lowest BCUT2D eigenvalue weighted by Gasteiger charge is -2.21. The predicted molar refractivity (Wildman–Crippen MR) is 102 cm³/mol. The molecular weight excluding hydrogens is 344 g/mol. The van der Waals surface area contributed by atoms with Crippen LogP contribution < -0.4 is 10.0 Å². The van der Waals surface area contributed by atoms with Crippen LogP contribution in [0.4, 0.5) is 0 Å². The number of nitrogens with zero attached hydrogens (tertiary/aromatic N) is 2. The summed E-state index contributed by atoms with van der Waals surface area (Å²) in [6.07, 6.45) is 3.86. The van der Waals surface area contributed by atoms with Crippen LogP contribution in [-0.2, 0) is 10.0 Å². The molecule has 1 aromatic heterocycles. The van der Waals surface area contributed by atoms with Gasteiger partial charge in [-0.05, 0) is 32.8 Å². The van der Waals surface area contributed by atoms with Crippen molar-refractivity contribution in [2.45, 2.75) is 31.6 Å². The van der Waals surface area contributed by atoms with Gasteiger partial charge in [-0.3, -0.25) is 4.99 Å². The fraction of sp³-hybridized carbons (Fsp3) is 0.562. The van der Waals surface area contributed by atoms with E-state index >= 15 is 0 Å². The summed E-state index contributed by atoms with van der Waals surface area (Å²) in [5.74, 6) is 0.751. The molecule has 0 aliphatic rings. The number of guanidine groups is 1. The summed E-state index contributed by atoms with van der Waals surface area (Å²) in [6.45, 7) is 9.08. The average molecular weight is 373 g/mol. The van der Waals surface area contributed by atoms with Crippen molar-refractivity contribution in [1.29, 1.82) is 0 Å². The Morgan fingerprint density at radius 1 is 1.42 bits per heavy atom. The molecule has 0 saturated heterocycles. The van der Waals surface area contributed by atoms with Gasteiger partial charge in [0, 0.05) is 43.5 Å². The van der Waals surface area contributed by atoms with Gasteiger partial charge in [0.25, 0.3) is 0 Å². The molecule has 1 rings (SSSR count). The largest absolute Gasteiger partial charge is 0.355 e. The molecule has 0 aromatic carbocycles. The highest BCUT2D eigenvalue weighted by molar-refractivity contribution is 7.89. The first-order valence-electron chi connectivity index (χ1n) is 7.91. The minimum Gasteiger partial charge on any atom is -0.355 e. The van der Waals surface area contributed by atoms with E-state index in [4.69, 9.17) is 0 Å². The van der Waals surface area contributed by atoms with Gasteiger partial charge in [0.1, 0.15) is 0 Å². The van der Waals surface area contributed by atoms with Crippen LogP contribution in [0, 0.1) is 13.8 Å². The van der Waals surface area contributed by atoms with Gasteiger partial charge in [-0.1, -0.05) is 6.08 Å². The normalized spacial score (nSPS) is 12.2. The maximum absolute atomic E-state index is 12.3. The molecule has 0 saturated carbocycles. The summed E-state index contributed by atoms with van der Waals surface area (Å²) in [5, 5.41) is 3.17. The lowest BCUT2D eigenvalue weighted by Crippen LogP contribution is -2.42. The van der Waals surface area contributed by atoms with Crippen LogP contribution in [0.3, 0.4) is 0 Å². The summed E-state index contributed by atoms with van der Waals surface area (Å²) >= 11 is 1.49. The first-order chi connectivity index (χ1) is 11.3. The molecule has 0 amide bonds. The highest BCUT2D eigenvalue weighted by Crippen LogP contribution is 2.24. The summed E-state index contributed by atoms with van der Waals surface area (Å²) in [6, 6.07) is 1.71. The van der Waals surface area contributed by atoms with Crippen molar-refractivity contribution >= 4 is 27.3 Å². The van der Waals surface area contributed by atoms with Crippen LogP contribution in [0.25, 0.3) is 0 Å². The fourth-order valence-corrected chi connectivity index (χ4v) is 4.86. The smallest absolute Gasteiger partial charge is 0.241 e. The Kier molecular flexibility index (Phi) is 8.44. The molecule has 8 heteroatoms. The molecule has 24 heavy (non-hydrogen) atoms. The fourth-order valence-electron chi connectivity index (χ4n) is 2.28. The van der Waals surface area contributed by atoms with Gasteiger partial charge < -0.3 is 10.2 Å². The summed E-state index contributed by atoms with van der Waals surface area (Å²) in [7, 11) is 0.218. The molecule has 0 radical (unpaired) electrons. The van der Waals surface area contributed by atoms with Crippen molar-refractivity contribution in [3.8, 4) is 0 Å². The SMILES string of the molecule is C=CCCCN(C)C(=NC)NCCNS(=O)(=O)c1cc(C)sc1C. The Labute approximate surface area is 149 Å². The van der Waals surface area contributed by atoms with Crippen molar-refractivity contribution in [2.75, 3.05) is 33.7 Å². The zero-order valence-corrected chi connectivity index (χ0v) is 16.6. The number of sulfonamides is 1. The maximum Gasteiger partial charge on any atom is 0.241 e. The van der Waals surface area contributed by atoms with Crippen molar-refractivity contribution in [2.24, 2.45) is 4.99 Å². The van der Waals surface area contributed by atoms with Gasteiger partial charge >= 0.3 is 0 Å². The van der Waals surface area contributed by atoms with E-state index < -0.39 is 10.0 Å². The Balaban J connectivity index is 2.46. The number of hydrogen-bond donors (Lipinski definition) is 2. The van der Waals surface area contributed by atoms with Crippen LogP contribution in [0.2, 0.25) is 0 Å². The number of rotatable bonds is 9. The van der Waals surface area contributed by atoms with Gasteiger partial charge in [-0.15, -0.1) is 17.9 Å². The molecule has 1 aromatic rings. The molecule has 136 valence electrons. The highest BCUT2D eigenvalue weighted by Gasteiger charge is 2.18. The van der Waals surface area contributed by atoms with Gasteiger partial charge in [-0.25, -0.2) is 13.1 Å². The molecule has 1 heterocycles. The standard InChI is InChI=1S/C16H28N4O2S2/c1-6-7-8-11-20(5)16(17-4)18-9-10-19-24(21,22)15-12-13(2)23-14(15)3/h6,12,19H,1,7-11H2,2-5H3,(H,17,18). The molecule has 0 aliphatic heterocycles. The van der Waals surface area contributed by atoms with Crippen LogP contribution in [0.15, 0.2) is 28.6 Å².